The number of esters is 1. The number of ether oxygens (including phenoxy) is 2. The summed E-state index contributed by atoms with van der Waals surface area (Å²) in [7, 11) is 1.37. The van der Waals surface area contributed by atoms with E-state index in [1.807, 2.05) is 59.6 Å². The molecule has 1 heterocycles. The van der Waals surface area contributed by atoms with Crippen LogP contribution in [0.2, 0.25) is 0 Å². The molecule has 1 atom stereocenters. The largest absolute Gasteiger partial charge is 0.474 e. The summed E-state index contributed by atoms with van der Waals surface area (Å²) in [6, 6.07) is 23.8. The molecule has 1 unspecified atom stereocenters. The highest BCUT2D eigenvalue weighted by Crippen LogP contribution is 2.26. The number of aromatic nitrogens is 2. The fourth-order valence-electron chi connectivity index (χ4n) is 6.38. The van der Waals surface area contributed by atoms with Gasteiger partial charge in [-0.1, -0.05) is 101 Å². The Morgan fingerprint density at radius 1 is 0.915 bits per heavy atom. The number of urea groups is 1. The fourth-order valence-corrected chi connectivity index (χ4v) is 6.38. The van der Waals surface area contributed by atoms with E-state index in [-0.39, 0.29) is 12.1 Å². The molecule has 47 heavy (non-hydrogen) atoms. The van der Waals surface area contributed by atoms with E-state index in [0.29, 0.717) is 18.7 Å². The first-order valence-electron chi connectivity index (χ1n) is 17.5. The monoisotopic (exact) mass is 638 g/mol. The Bertz CT molecular complexity index is 1580. The zero-order valence-electron chi connectivity index (χ0n) is 28.2. The molecule has 1 N–H and O–H groups in total. The minimum absolute atomic E-state index is 0.0215. The first-order valence-corrected chi connectivity index (χ1v) is 17.5. The highest BCUT2D eigenvalue weighted by atomic mass is 16.6. The summed E-state index contributed by atoms with van der Waals surface area (Å²) in [4.78, 5) is 31.5. The molecule has 8 nitrogen and oxygen atoms in total. The van der Waals surface area contributed by atoms with Crippen molar-refractivity contribution in [1.29, 1.82) is 0 Å². The molecule has 1 aliphatic rings. The molecule has 1 saturated carbocycles. The minimum Gasteiger partial charge on any atom is -0.474 e. The number of hydrogen-bond acceptors (Lipinski definition) is 5. The number of amides is 2. The second kappa shape index (κ2) is 17.0. The van der Waals surface area contributed by atoms with Gasteiger partial charge in [-0.2, -0.15) is 0 Å². The highest BCUT2D eigenvalue weighted by Gasteiger charge is 2.26. The Morgan fingerprint density at radius 3 is 2.34 bits per heavy atom. The lowest BCUT2D eigenvalue weighted by atomic mass is 9.96. The van der Waals surface area contributed by atoms with Gasteiger partial charge in [0, 0.05) is 24.6 Å². The average molecular weight is 639 g/mol. The van der Waals surface area contributed by atoms with Gasteiger partial charge in [-0.3, -0.25) is 0 Å². The topological polar surface area (TPSA) is 85.7 Å². The van der Waals surface area contributed by atoms with Gasteiger partial charge in [0.15, 0.2) is 0 Å². The molecular formula is C39H50N4O4. The standard InChI is InChI=1S/C39H50N4O4/c1-4-6-14-26-42(39(45)40-32-17-12-9-13-18-32)43-35-28-30(22-25-34(35)41-36(43)19-7-5-2)27-29-20-23-33(24-21-29)47-37(38(44)46-3)31-15-10-8-11-16-31/h8,10-11,15-16,20-25,28,32,37H,4-7,9,12-14,17-19,26-27H2,1-3H3,(H,40,45). The average Bonchev–Trinajstić information content (AvgIpc) is 3.46. The molecule has 1 fully saturated rings. The Balaban J connectivity index is 1.40. The van der Waals surface area contributed by atoms with Crippen LogP contribution < -0.4 is 15.1 Å². The highest BCUT2D eigenvalue weighted by molar-refractivity contribution is 5.88. The van der Waals surface area contributed by atoms with Gasteiger partial charge >= 0.3 is 12.0 Å². The van der Waals surface area contributed by atoms with Crippen LogP contribution >= 0.6 is 0 Å². The molecule has 5 rings (SSSR count). The van der Waals surface area contributed by atoms with Gasteiger partial charge in [-0.05, 0) is 67.5 Å². The van der Waals surface area contributed by atoms with Gasteiger partial charge in [-0.15, -0.1) is 0 Å². The van der Waals surface area contributed by atoms with Crippen molar-refractivity contribution in [2.24, 2.45) is 0 Å². The van der Waals surface area contributed by atoms with Crippen LogP contribution in [0.4, 0.5) is 4.79 Å². The van der Waals surface area contributed by atoms with E-state index >= 15 is 0 Å². The fraction of sp³-hybridized carbons (Fsp3) is 0.462. The summed E-state index contributed by atoms with van der Waals surface area (Å²) in [5.74, 6) is 1.09. The van der Waals surface area contributed by atoms with Crippen molar-refractivity contribution in [2.45, 2.75) is 103 Å². The first-order chi connectivity index (χ1) is 23.0. The zero-order valence-corrected chi connectivity index (χ0v) is 28.2. The maximum absolute atomic E-state index is 13.9. The van der Waals surface area contributed by atoms with E-state index in [1.54, 1.807) is 0 Å². The minimum atomic E-state index is -0.841. The van der Waals surface area contributed by atoms with E-state index in [0.717, 1.165) is 84.9 Å². The van der Waals surface area contributed by atoms with Crippen LogP contribution in [0, 0.1) is 0 Å². The molecule has 3 aromatic carbocycles. The summed E-state index contributed by atoms with van der Waals surface area (Å²) in [6.07, 6.45) is 11.5. The van der Waals surface area contributed by atoms with Crippen LogP contribution in [0.5, 0.6) is 5.75 Å². The van der Waals surface area contributed by atoms with E-state index in [4.69, 9.17) is 14.5 Å². The lowest BCUT2D eigenvalue weighted by molar-refractivity contribution is -0.149. The summed E-state index contributed by atoms with van der Waals surface area (Å²) in [6.45, 7) is 5.03. The van der Waals surface area contributed by atoms with Crippen LogP contribution in [0.3, 0.4) is 0 Å². The third-order valence-corrected chi connectivity index (χ3v) is 9.00. The Morgan fingerprint density at radius 2 is 1.64 bits per heavy atom. The molecule has 0 radical (unpaired) electrons. The number of fused-ring (bicyclic) bond motifs is 1. The number of rotatable bonds is 15. The zero-order chi connectivity index (χ0) is 33.0. The molecule has 1 aliphatic carbocycles. The predicted octanol–water partition coefficient (Wildman–Crippen LogP) is 8.43. The van der Waals surface area contributed by atoms with Gasteiger partial charge < -0.3 is 14.8 Å². The maximum atomic E-state index is 13.9. The number of nitrogens with one attached hydrogen (secondary N) is 1. The van der Waals surface area contributed by atoms with Crippen molar-refractivity contribution in [2.75, 3.05) is 18.7 Å². The van der Waals surface area contributed by atoms with Gasteiger partial charge in [0.25, 0.3) is 0 Å². The SMILES string of the molecule is CCCCCN(C(=O)NC1CCCCC1)n1c(CCCC)nc2ccc(Cc3ccc(OC(C(=O)OC)c4ccccc4)cc3)cc21. The normalized spacial score (nSPS) is 14.1. The quantitative estimate of drug-likeness (QED) is 0.104. The molecule has 0 spiro atoms. The second-order valence-corrected chi connectivity index (χ2v) is 12.6. The van der Waals surface area contributed by atoms with E-state index in [1.165, 1.54) is 26.4 Å². The number of benzene rings is 3. The van der Waals surface area contributed by atoms with Gasteiger partial charge in [0.05, 0.1) is 18.1 Å². The molecule has 1 aromatic heterocycles. The van der Waals surface area contributed by atoms with Crippen LogP contribution in [0.1, 0.15) is 107 Å². The summed E-state index contributed by atoms with van der Waals surface area (Å²) < 4.78 is 13.2. The number of carbonyl (C=O) groups excluding carboxylic acids is 2. The van der Waals surface area contributed by atoms with Crippen molar-refractivity contribution in [1.82, 2.24) is 15.0 Å². The third kappa shape index (κ3) is 8.93. The van der Waals surface area contributed by atoms with E-state index in [9.17, 15) is 9.59 Å². The first kappa shape index (κ1) is 34.0. The van der Waals surface area contributed by atoms with Crippen LogP contribution in [-0.4, -0.2) is 41.4 Å². The lowest BCUT2D eigenvalue weighted by Gasteiger charge is -2.30. The van der Waals surface area contributed by atoms with Gasteiger partial charge in [0.1, 0.15) is 11.6 Å². The number of hydrogen-bond donors (Lipinski definition) is 1. The molecule has 8 heteroatoms. The van der Waals surface area contributed by atoms with Crippen LogP contribution in [0.25, 0.3) is 11.0 Å². The van der Waals surface area contributed by atoms with Gasteiger partial charge in [0.2, 0.25) is 6.10 Å². The van der Waals surface area contributed by atoms with Crippen molar-refractivity contribution >= 4 is 23.0 Å². The molecule has 4 aromatic rings. The Kier molecular flexibility index (Phi) is 12.3. The summed E-state index contributed by atoms with van der Waals surface area (Å²) in [5, 5.41) is 5.30. The Hall–Kier alpha value is -4.33. The number of imidazole rings is 1. The molecule has 250 valence electrons. The summed E-state index contributed by atoms with van der Waals surface area (Å²) in [5.41, 5.74) is 4.85. The molecule has 0 saturated heterocycles. The number of methoxy groups -OCH3 is 1. The smallest absolute Gasteiger partial charge is 0.351 e. The van der Waals surface area contributed by atoms with E-state index < -0.39 is 12.1 Å². The predicted molar refractivity (Wildman–Crippen MR) is 187 cm³/mol. The van der Waals surface area contributed by atoms with Crippen molar-refractivity contribution in [3.63, 3.8) is 0 Å². The van der Waals surface area contributed by atoms with Crippen LogP contribution in [0.15, 0.2) is 72.8 Å². The lowest BCUT2D eigenvalue weighted by Crippen LogP contribution is -2.51. The van der Waals surface area contributed by atoms with Crippen molar-refractivity contribution < 1.29 is 19.1 Å². The van der Waals surface area contributed by atoms with E-state index in [2.05, 4.69) is 42.0 Å². The molecule has 0 aliphatic heterocycles. The van der Waals surface area contributed by atoms with Gasteiger partial charge in [-0.25, -0.2) is 24.3 Å². The van der Waals surface area contributed by atoms with Crippen LogP contribution in [-0.2, 0) is 22.4 Å². The number of unbranched alkanes of at least 4 members (excludes halogenated alkanes) is 3. The number of aryl methyl sites for hydroxylation is 1. The molecular weight excluding hydrogens is 588 g/mol. The molecule has 0 bridgehead atoms. The molecule has 2 amide bonds. The van der Waals surface area contributed by atoms with Crippen molar-refractivity contribution in [3.8, 4) is 5.75 Å². The van der Waals surface area contributed by atoms with Crippen molar-refractivity contribution in [3.05, 3.63) is 95.3 Å². The number of carbonyl (C=O) groups is 2. The Labute approximate surface area is 279 Å². The third-order valence-electron chi connectivity index (χ3n) is 9.00. The maximum Gasteiger partial charge on any atom is 0.351 e. The number of nitrogens with zero attached hydrogens (tertiary/aromatic N) is 3. The second-order valence-electron chi connectivity index (χ2n) is 12.6. The summed E-state index contributed by atoms with van der Waals surface area (Å²) >= 11 is 0.